The summed E-state index contributed by atoms with van der Waals surface area (Å²) in [5, 5.41) is 14.1. The summed E-state index contributed by atoms with van der Waals surface area (Å²) in [7, 11) is 0. The minimum Gasteiger partial charge on any atom is -0.409 e. The van der Waals surface area contributed by atoms with Crippen LogP contribution in [0.4, 0.5) is 0 Å². The van der Waals surface area contributed by atoms with Crippen molar-refractivity contribution in [1.82, 2.24) is 5.32 Å². The minimum absolute atomic E-state index is 0.0273. The van der Waals surface area contributed by atoms with Crippen molar-refractivity contribution in [2.24, 2.45) is 10.9 Å². The van der Waals surface area contributed by atoms with E-state index in [1.807, 2.05) is 30.3 Å². The summed E-state index contributed by atoms with van der Waals surface area (Å²) >= 11 is 0. The average molecular weight is 247 g/mol. The number of carbonyl (C=O) groups is 1. The van der Waals surface area contributed by atoms with Crippen LogP contribution >= 0.6 is 0 Å². The lowest BCUT2D eigenvalue weighted by atomic mass is 9.95. The van der Waals surface area contributed by atoms with Gasteiger partial charge in [0, 0.05) is 13.0 Å². The van der Waals surface area contributed by atoms with E-state index in [0.29, 0.717) is 13.0 Å². The van der Waals surface area contributed by atoms with Crippen LogP contribution in [0.5, 0.6) is 0 Å². The standard InChI is InChI=1S/C13H17N3O2/c14-11(16-18)6-9-15-12(17)13(7-8-13)10-4-2-1-3-5-10/h1-5,18H,6-9H2,(H2,14,16)(H,15,17). The smallest absolute Gasteiger partial charge is 0.230 e. The molecule has 4 N–H and O–H groups in total. The Labute approximate surface area is 106 Å². The summed E-state index contributed by atoms with van der Waals surface area (Å²) in [6.45, 7) is 0.392. The van der Waals surface area contributed by atoms with Gasteiger partial charge < -0.3 is 16.3 Å². The second-order valence-corrected chi connectivity index (χ2v) is 4.55. The highest BCUT2D eigenvalue weighted by Gasteiger charge is 2.50. The molecule has 1 aliphatic rings. The first-order valence-corrected chi connectivity index (χ1v) is 5.99. The normalized spacial score (nSPS) is 17.2. The van der Waals surface area contributed by atoms with Gasteiger partial charge in [0.2, 0.25) is 5.91 Å². The molecule has 18 heavy (non-hydrogen) atoms. The maximum absolute atomic E-state index is 12.1. The molecule has 96 valence electrons. The molecule has 1 saturated carbocycles. The van der Waals surface area contributed by atoms with Crippen LogP contribution in [-0.2, 0) is 10.2 Å². The maximum Gasteiger partial charge on any atom is 0.230 e. The van der Waals surface area contributed by atoms with Crippen molar-refractivity contribution in [3.05, 3.63) is 35.9 Å². The van der Waals surface area contributed by atoms with Gasteiger partial charge in [0.25, 0.3) is 0 Å². The van der Waals surface area contributed by atoms with E-state index in [4.69, 9.17) is 10.9 Å². The van der Waals surface area contributed by atoms with Gasteiger partial charge in [-0.2, -0.15) is 0 Å². The van der Waals surface area contributed by atoms with E-state index in [0.717, 1.165) is 18.4 Å². The second-order valence-electron chi connectivity index (χ2n) is 4.55. The number of nitrogens with two attached hydrogens (primary N) is 1. The van der Waals surface area contributed by atoms with Gasteiger partial charge in [-0.1, -0.05) is 35.5 Å². The molecule has 0 aromatic heterocycles. The number of rotatable bonds is 5. The molecule has 1 aromatic rings. The Kier molecular flexibility index (Phi) is 3.50. The van der Waals surface area contributed by atoms with E-state index >= 15 is 0 Å². The largest absolute Gasteiger partial charge is 0.409 e. The third kappa shape index (κ3) is 2.45. The van der Waals surface area contributed by atoms with Crippen molar-refractivity contribution >= 4 is 11.7 Å². The first-order valence-electron chi connectivity index (χ1n) is 5.99. The fourth-order valence-electron chi connectivity index (χ4n) is 2.05. The van der Waals surface area contributed by atoms with E-state index in [1.165, 1.54) is 0 Å². The summed E-state index contributed by atoms with van der Waals surface area (Å²) < 4.78 is 0. The van der Waals surface area contributed by atoms with Gasteiger partial charge in [-0.05, 0) is 18.4 Å². The van der Waals surface area contributed by atoms with E-state index in [1.54, 1.807) is 0 Å². The van der Waals surface area contributed by atoms with Crippen LogP contribution in [0.3, 0.4) is 0 Å². The fourth-order valence-corrected chi connectivity index (χ4v) is 2.05. The Balaban J connectivity index is 1.94. The van der Waals surface area contributed by atoms with Crippen LogP contribution in [0.15, 0.2) is 35.5 Å². The average Bonchev–Trinajstić information content (AvgIpc) is 3.21. The third-order valence-corrected chi connectivity index (χ3v) is 3.31. The van der Waals surface area contributed by atoms with E-state index in [2.05, 4.69) is 10.5 Å². The highest BCUT2D eigenvalue weighted by Crippen LogP contribution is 2.48. The highest BCUT2D eigenvalue weighted by molar-refractivity contribution is 5.91. The predicted octanol–water partition coefficient (Wildman–Crippen LogP) is 0.971. The van der Waals surface area contributed by atoms with Gasteiger partial charge in [0.15, 0.2) is 0 Å². The molecule has 0 unspecified atom stereocenters. The van der Waals surface area contributed by atoms with Crippen LogP contribution < -0.4 is 11.1 Å². The van der Waals surface area contributed by atoms with Gasteiger partial charge >= 0.3 is 0 Å². The molecule has 5 nitrogen and oxygen atoms in total. The number of benzene rings is 1. The van der Waals surface area contributed by atoms with Crippen molar-refractivity contribution in [2.45, 2.75) is 24.7 Å². The number of amides is 1. The lowest BCUT2D eigenvalue weighted by molar-refractivity contribution is -0.123. The Hall–Kier alpha value is -2.04. The zero-order valence-corrected chi connectivity index (χ0v) is 10.1. The number of nitrogens with one attached hydrogen (secondary N) is 1. The molecule has 1 fully saturated rings. The first-order chi connectivity index (χ1) is 8.69. The molecule has 2 rings (SSSR count). The lowest BCUT2D eigenvalue weighted by Gasteiger charge is -2.15. The number of carbonyl (C=O) groups excluding carboxylic acids is 1. The molecule has 5 heteroatoms. The molecule has 1 aromatic carbocycles. The molecule has 0 heterocycles. The molecule has 1 amide bonds. The lowest BCUT2D eigenvalue weighted by Crippen LogP contribution is -2.36. The van der Waals surface area contributed by atoms with Crippen molar-refractivity contribution in [3.63, 3.8) is 0 Å². The van der Waals surface area contributed by atoms with Crippen molar-refractivity contribution in [1.29, 1.82) is 0 Å². The Bertz CT molecular complexity index is 453. The van der Waals surface area contributed by atoms with Crippen molar-refractivity contribution < 1.29 is 10.0 Å². The molecule has 0 aliphatic heterocycles. The van der Waals surface area contributed by atoms with Crippen LogP contribution in [-0.4, -0.2) is 23.5 Å². The number of hydrogen-bond acceptors (Lipinski definition) is 3. The van der Waals surface area contributed by atoms with E-state index in [-0.39, 0.29) is 17.2 Å². The molecular formula is C13H17N3O2. The summed E-state index contributed by atoms with van der Waals surface area (Å²) in [6.07, 6.45) is 2.12. The molecular weight excluding hydrogens is 230 g/mol. The van der Waals surface area contributed by atoms with E-state index in [9.17, 15) is 4.79 Å². The van der Waals surface area contributed by atoms with Gasteiger partial charge in [0.1, 0.15) is 5.84 Å². The summed E-state index contributed by atoms with van der Waals surface area (Å²) in [6, 6.07) is 9.79. The van der Waals surface area contributed by atoms with E-state index < -0.39 is 0 Å². The first kappa shape index (κ1) is 12.4. The fraction of sp³-hybridized carbons (Fsp3) is 0.385. The molecule has 0 atom stereocenters. The summed E-state index contributed by atoms with van der Waals surface area (Å²) in [4.78, 5) is 12.1. The van der Waals surface area contributed by atoms with Crippen LogP contribution in [0, 0.1) is 0 Å². The molecule has 0 radical (unpaired) electrons. The highest BCUT2D eigenvalue weighted by atomic mass is 16.4. The zero-order valence-electron chi connectivity index (χ0n) is 10.1. The summed E-state index contributed by atoms with van der Waals surface area (Å²) in [5.74, 6) is 0.152. The maximum atomic E-state index is 12.1. The topological polar surface area (TPSA) is 87.7 Å². The van der Waals surface area contributed by atoms with Crippen LogP contribution in [0.1, 0.15) is 24.8 Å². The van der Waals surface area contributed by atoms with Crippen LogP contribution in [0.2, 0.25) is 0 Å². The number of nitrogens with zero attached hydrogens (tertiary/aromatic N) is 1. The Morgan fingerprint density at radius 1 is 1.39 bits per heavy atom. The predicted molar refractivity (Wildman–Crippen MR) is 68.4 cm³/mol. The molecule has 1 aliphatic carbocycles. The summed E-state index contributed by atoms with van der Waals surface area (Å²) in [5.41, 5.74) is 6.05. The molecule has 0 bridgehead atoms. The Morgan fingerprint density at radius 3 is 2.61 bits per heavy atom. The monoisotopic (exact) mass is 247 g/mol. The quantitative estimate of drug-likeness (QED) is 0.313. The van der Waals surface area contributed by atoms with Crippen molar-refractivity contribution in [3.8, 4) is 0 Å². The number of hydrogen-bond donors (Lipinski definition) is 3. The van der Waals surface area contributed by atoms with Gasteiger partial charge in [-0.15, -0.1) is 0 Å². The minimum atomic E-state index is -0.355. The zero-order chi connectivity index (χ0) is 13.0. The van der Waals surface area contributed by atoms with Gasteiger partial charge in [0.05, 0.1) is 5.41 Å². The van der Waals surface area contributed by atoms with Gasteiger partial charge in [-0.3, -0.25) is 4.79 Å². The van der Waals surface area contributed by atoms with Gasteiger partial charge in [-0.25, -0.2) is 0 Å². The SMILES string of the molecule is NC(CCNC(=O)C1(c2ccccc2)CC1)=NO. The van der Waals surface area contributed by atoms with Crippen molar-refractivity contribution in [2.75, 3.05) is 6.54 Å². The second kappa shape index (κ2) is 5.08. The molecule has 0 saturated heterocycles. The van der Waals surface area contributed by atoms with Crippen LogP contribution in [0.25, 0.3) is 0 Å². The number of oxime groups is 1. The molecule has 0 spiro atoms. The number of amidine groups is 1. The third-order valence-electron chi connectivity index (χ3n) is 3.31. The Morgan fingerprint density at radius 2 is 2.06 bits per heavy atom.